The van der Waals surface area contributed by atoms with E-state index in [0.717, 1.165) is 18.7 Å². The van der Waals surface area contributed by atoms with E-state index in [9.17, 15) is 0 Å². The second-order valence-corrected chi connectivity index (χ2v) is 2.47. The number of benzene rings is 1. The van der Waals surface area contributed by atoms with Gasteiger partial charge >= 0.3 is 0 Å². The number of hydrogen-bond acceptors (Lipinski definition) is 1. The zero-order valence-electron chi connectivity index (χ0n) is 7.30. The summed E-state index contributed by atoms with van der Waals surface area (Å²) < 4.78 is 0. The molecule has 0 unspecified atom stereocenters. The molecule has 62 valence electrons. The summed E-state index contributed by atoms with van der Waals surface area (Å²) in [5.41, 5.74) is 1.16. The van der Waals surface area contributed by atoms with Gasteiger partial charge in [-0.2, -0.15) is 0 Å². The number of hydrogen-bond donors (Lipinski definition) is 1. The van der Waals surface area contributed by atoms with Crippen molar-refractivity contribution in [3.05, 3.63) is 30.3 Å². The van der Waals surface area contributed by atoms with Crippen molar-refractivity contribution in [1.82, 2.24) is 0 Å². The van der Waals surface area contributed by atoms with E-state index in [2.05, 4.69) is 29.3 Å². The lowest BCUT2D eigenvalue weighted by atomic mass is 10.3. The minimum absolute atomic E-state index is 0.908. The molecule has 0 fully saturated rings. The molecule has 0 spiro atoms. The van der Waals surface area contributed by atoms with Crippen LogP contribution < -0.4 is 5.32 Å². The normalized spacial score (nSPS) is 8.42. The Hall–Kier alpha value is -1.42. The summed E-state index contributed by atoms with van der Waals surface area (Å²) in [4.78, 5) is 0. The molecule has 1 rings (SSSR count). The molecule has 1 heteroatoms. The molecule has 0 aliphatic heterocycles. The van der Waals surface area contributed by atoms with Crippen molar-refractivity contribution in [2.24, 2.45) is 0 Å². The van der Waals surface area contributed by atoms with E-state index >= 15 is 0 Å². The van der Waals surface area contributed by atoms with Crippen molar-refractivity contribution < 1.29 is 0 Å². The summed E-state index contributed by atoms with van der Waals surface area (Å²) in [7, 11) is 0. The molecule has 0 atom stereocenters. The second-order valence-electron chi connectivity index (χ2n) is 2.47. The van der Waals surface area contributed by atoms with E-state index in [-0.39, 0.29) is 0 Å². The third-order valence-electron chi connectivity index (χ3n) is 1.53. The average Bonchev–Trinajstić information content (AvgIpc) is 2.14. The summed E-state index contributed by atoms with van der Waals surface area (Å²) in [5.74, 6) is 5.87. The van der Waals surface area contributed by atoms with Gasteiger partial charge in [-0.05, 0) is 19.1 Å². The molecular weight excluding hydrogens is 146 g/mol. The Labute approximate surface area is 73.8 Å². The molecule has 0 heterocycles. The zero-order chi connectivity index (χ0) is 8.65. The van der Waals surface area contributed by atoms with Gasteiger partial charge in [0.1, 0.15) is 0 Å². The molecule has 0 saturated heterocycles. The van der Waals surface area contributed by atoms with Gasteiger partial charge in [-0.1, -0.05) is 18.2 Å². The average molecular weight is 159 g/mol. The van der Waals surface area contributed by atoms with E-state index in [0.29, 0.717) is 0 Å². The minimum atomic E-state index is 0.908. The number of nitrogens with one attached hydrogen (secondary N) is 1. The van der Waals surface area contributed by atoms with Gasteiger partial charge in [0.05, 0.1) is 0 Å². The van der Waals surface area contributed by atoms with E-state index in [1.807, 2.05) is 25.1 Å². The first-order valence-electron chi connectivity index (χ1n) is 4.12. The maximum Gasteiger partial charge on any atom is 0.0340 e. The zero-order valence-corrected chi connectivity index (χ0v) is 7.30. The highest BCUT2D eigenvalue weighted by molar-refractivity contribution is 5.42. The smallest absolute Gasteiger partial charge is 0.0340 e. The van der Waals surface area contributed by atoms with Crippen molar-refractivity contribution in [3.8, 4) is 11.8 Å². The predicted octanol–water partition coefficient (Wildman–Crippen LogP) is 2.51. The number of para-hydroxylation sites is 1. The quantitative estimate of drug-likeness (QED) is 0.528. The highest BCUT2D eigenvalue weighted by Gasteiger charge is 1.85. The molecule has 1 N–H and O–H groups in total. The van der Waals surface area contributed by atoms with E-state index in [4.69, 9.17) is 0 Å². The molecule has 0 bridgehead atoms. The van der Waals surface area contributed by atoms with Gasteiger partial charge in [0.2, 0.25) is 0 Å². The Bertz CT molecular complexity index is 266. The predicted molar refractivity (Wildman–Crippen MR) is 53.0 cm³/mol. The third kappa shape index (κ3) is 3.12. The van der Waals surface area contributed by atoms with Gasteiger partial charge < -0.3 is 5.32 Å². The fourth-order valence-corrected chi connectivity index (χ4v) is 0.950. The fraction of sp³-hybridized carbons (Fsp3) is 0.273. The first-order chi connectivity index (χ1) is 5.93. The maximum atomic E-state index is 3.28. The SMILES string of the molecule is CC#CCCNc1ccccc1. The number of anilines is 1. The Morgan fingerprint density at radius 2 is 2.00 bits per heavy atom. The maximum absolute atomic E-state index is 3.28. The van der Waals surface area contributed by atoms with Crippen LogP contribution in [0.1, 0.15) is 13.3 Å². The number of rotatable bonds is 3. The van der Waals surface area contributed by atoms with Gasteiger partial charge in [0, 0.05) is 18.7 Å². The summed E-state index contributed by atoms with van der Waals surface area (Å²) in [6, 6.07) is 10.2. The van der Waals surface area contributed by atoms with Gasteiger partial charge in [-0.25, -0.2) is 0 Å². The molecule has 0 amide bonds. The van der Waals surface area contributed by atoms with E-state index < -0.39 is 0 Å². The van der Waals surface area contributed by atoms with Crippen LogP contribution in [-0.2, 0) is 0 Å². The standard InChI is InChI=1S/C11H13N/c1-2-3-7-10-12-11-8-5-4-6-9-11/h4-6,8-9,12H,7,10H2,1H3. The van der Waals surface area contributed by atoms with Crippen molar-refractivity contribution in [2.75, 3.05) is 11.9 Å². The van der Waals surface area contributed by atoms with Crippen LogP contribution in [0.15, 0.2) is 30.3 Å². The monoisotopic (exact) mass is 159 g/mol. The summed E-state index contributed by atoms with van der Waals surface area (Å²) >= 11 is 0. The van der Waals surface area contributed by atoms with Crippen molar-refractivity contribution in [1.29, 1.82) is 0 Å². The van der Waals surface area contributed by atoms with E-state index in [1.54, 1.807) is 0 Å². The fourth-order valence-electron chi connectivity index (χ4n) is 0.950. The highest BCUT2D eigenvalue weighted by Crippen LogP contribution is 2.03. The van der Waals surface area contributed by atoms with Crippen LogP contribution in [0.2, 0.25) is 0 Å². The summed E-state index contributed by atoms with van der Waals surface area (Å²) in [6.45, 7) is 2.79. The topological polar surface area (TPSA) is 12.0 Å². The lowest BCUT2D eigenvalue weighted by molar-refractivity contribution is 1.10. The van der Waals surface area contributed by atoms with Crippen molar-refractivity contribution in [2.45, 2.75) is 13.3 Å². The van der Waals surface area contributed by atoms with Gasteiger partial charge in [0.15, 0.2) is 0 Å². The molecule has 0 aliphatic rings. The Balaban J connectivity index is 2.27. The van der Waals surface area contributed by atoms with Crippen LogP contribution in [0, 0.1) is 11.8 Å². The first kappa shape index (κ1) is 8.67. The Morgan fingerprint density at radius 1 is 1.25 bits per heavy atom. The summed E-state index contributed by atoms with van der Waals surface area (Å²) in [6.07, 6.45) is 0.908. The molecular formula is C11H13N. The molecule has 0 radical (unpaired) electrons. The van der Waals surface area contributed by atoms with Crippen LogP contribution >= 0.6 is 0 Å². The van der Waals surface area contributed by atoms with Crippen LogP contribution in [-0.4, -0.2) is 6.54 Å². The molecule has 0 aromatic heterocycles. The molecule has 1 aromatic rings. The summed E-state index contributed by atoms with van der Waals surface area (Å²) in [5, 5.41) is 3.28. The van der Waals surface area contributed by atoms with Crippen LogP contribution in [0.3, 0.4) is 0 Å². The molecule has 0 aliphatic carbocycles. The van der Waals surface area contributed by atoms with Crippen LogP contribution in [0.25, 0.3) is 0 Å². The Morgan fingerprint density at radius 3 is 2.67 bits per heavy atom. The highest BCUT2D eigenvalue weighted by atomic mass is 14.9. The van der Waals surface area contributed by atoms with Crippen LogP contribution in [0.5, 0.6) is 0 Å². The molecule has 0 saturated carbocycles. The lowest BCUT2D eigenvalue weighted by Crippen LogP contribution is -1.99. The van der Waals surface area contributed by atoms with Gasteiger partial charge in [-0.15, -0.1) is 11.8 Å². The van der Waals surface area contributed by atoms with Crippen molar-refractivity contribution >= 4 is 5.69 Å². The van der Waals surface area contributed by atoms with E-state index in [1.165, 1.54) is 0 Å². The largest absolute Gasteiger partial charge is 0.384 e. The van der Waals surface area contributed by atoms with Gasteiger partial charge in [0.25, 0.3) is 0 Å². The van der Waals surface area contributed by atoms with Gasteiger partial charge in [-0.3, -0.25) is 0 Å². The molecule has 1 aromatic carbocycles. The lowest BCUT2D eigenvalue weighted by Gasteiger charge is -2.01. The third-order valence-corrected chi connectivity index (χ3v) is 1.53. The first-order valence-corrected chi connectivity index (χ1v) is 4.12. The second kappa shape index (κ2) is 5.26. The molecule has 12 heavy (non-hydrogen) atoms. The van der Waals surface area contributed by atoms with Crippen molar-refractivity contribution in [3.63, 3.8) is 0 Å². The van der Waals surface area contributed by atoms with Crippen LogP contribution in [0.4, 0.5) is 5.69 Å². The molecule has 1 nitrogen and oxygen atoms in total. The Kier molecular flexibility index (Phi) is 3.80. The minimum Gasteiger partial charge on any atom is -0.384 e.